The van der Waals surface area contributed by atoms with Crippen LogP contribution < -0.4 is 11.1 Å². The molecule has 0 aromatic rings. The molecule has 4 atom stereocenters. The van der Waals surface area contributed by atoms with E-state index in [2.05, 4.69) is 19.2 Å². The van der Waals surface area contributed by atoms with Gasteiger partial charge >= 0.3 is 0 Å². The first-order chi connectivity index (χ1) is 8.37. The van der Waals surface area contributed by atoms with E-state index in [9.17, 15) is 4.79 Å². The summed E-state index contributed by atoms with van der Waals surface area (Å²) >= 11 is 2.04. The lowest BCUT2D eigenvalue weighted by Gasteiger charge is -2.32. The predicted molar refractivity (Wildman–Crippen MR) is 79.7 cm³/mol. The second-order valence-electron chi connectivity index (χ2n) is 5.99. The third-order valence-electron chi connectivity index (χ3n) is 4.10. The summed E-state index contributed by atoms with van der Waals surface area (Å²) in [5.41, 5.74) is 4.90. The van der Waals surface area contributed by atoms with Crippen LogP contribution >= 0.6 is 11.8 Å². The van der Waals surface area contributed by atoms with Crippen LogP contribution in [0.2, 0.25) is 0 Å². The highest BCUT2D eigenvalue weighted by Gasteiger charge is 2.32. The number of amides is 1. The molecule has 0 radical (unpaired) electrons. The van der Waals surface area contributed by atoms with Crippen LogP contribution in [0.3, 0.4) is 0 Å². The highest BCUT2D eigenvalue weighted by Crippen LogP contribution is 2.36. The minimum Gasteiger partial charge on any atom is -0.368 e. The van der Waals surface area contributed by atoms with Crippen LogP contribution in [0.15, 0.2) is 0 Å². The van der Waals surface area contributed by atoms with Gasteiger partial charge in [0.05, 0.1) is 5.54 Å². The van der Waals surface area contributed by atoms with E-state index in [0.717, 1.165) is 17.6 Å². The molecule has 0 spiro atoms. The number of carbonyl (C=O) groups excluding carboxylic acids is 1. The van der Waals surface area contributed by atoms with Crippen molar-refractivity contribution < 1.29 is 4.79 Å². The normalized spacial score (nSPS) is 29.6. The van der Waals surface area contributed by atoms with E-state index in [1.54, 1.807) is 0 Å². The SMILES string of the molecule is CNC(C)(CC(C)SC1CCCC(C)C1)C(N)=O. The zero-order chi connectivity index (χ0) is 13.8. The Balaban J connectivity index is 2.45. The van der Waals surface area contributed by atoms with Crippen molar-refractivity contribution in [1.29, 1.82) is 0 Å². The first-order valence-corrected chi connectivity index (χ1v) is 7.96. The monoisotopic (exact) mass is 272 g/mol. The third kappa shape index (κ3) is 4.47. The highest BCUT2D eigenvalue weighted by atomic mass is 32.2. The molecule has 1 aliphatic rings. The molecule has 4 unspecified atom stereocenters. The largest absolute Gasteiger partial charge is 0.368 e. The summed E-state index contributed by atoms with van der Waals surface area (Å²) in [6.45, 7) is 6.46. The number of nitrogens with one attached hydrogen (secondary N) is 1. The Kier molecular flexibility index (Phi) is 5.99. The van der Waals surface area contributed by atoms with E-state index in [1.165, 1.54) is 25.7 Å². The summed E-state index contributed by atoms with van der Waals surface area (Å²) < 4.78 is 0. The van der Waals surface area contributed by atoms with Crippen molar-refractivity contribution in [2.24, 2.45) is 11.7 Å². The van der Waals surface area contributed by atoms with E-state index in [4.69, 9.17) is 5.73 Å². The lowest BCUT2D eigenvalue weighted by molar-refractivity contribution is -0.123. The van der Waals surface area contributed by atoms with Gasteiger partial charge < -0.3 is 11.1 Å². The second kappa shape index (κ2) is 6.80. The number of likely N-dealkylation sites (N-methyl/N-ethyl adjacent to an activating group) is 1. The number of thioether (sulfide) groups is 1. The Morgan fingerprint density at radius 1 is 1.56 bits per heavy atom. The quantitative estimate of drug-likeness (QED) is 0.781. The summed E-state index contributed by atoms with van der Waals surface area (Å²) in [7, 11) is 1.81. The molecule has 4 heteroatoms. The van der Waals surface area contributed by atoms with Gasteiger partial charge in [-0.3, -0.25) is 4.79 Å². The number of hydrogen-bond donors (Lipinski definition) is 2. The van der Waals surface area contributed by atoms with Crippen molar-refractivity contribution in [3.05, 3.63) is 0 Å². The molecule has 0 aromatic heterocycles. The fraction of sp³-hybridized carbons (Fsp3) is 0.929. The molecule has 3 N–H and O–H groups in total. The summed E-state index contributed by atoms with van der Waals surface area (Å²) in [5, 5.41) is 4.29. The van der Waals surface area contributed by atoms with Gasteiger partial charge in [-0.15, -0.1) is 0 Å². The van der Waals surface area contributed by atoms with E-state index in [-0.39, 0.29) is 5.91 Å². The molecule has 0 bridgehead atoms. The number of rotatable bonds is 6. The fourth-order valence-electron chi connectivity index (χ4n) is 2.78. The fourth-order valence-corrected chi connectivity index (χ4v) is 4.61. The van der Waals surface area contributed by atoms with Gasteiger partial charge in [-0.2, -0.15) is 11.8 Å². The van der Waals surface area contributed by atoms with Gasteiger partial charge in [0.15, 0.2) is 0 Å². The van der Waals surface area contributed by atoms with Crippen LogP contribution in [-0.4, -0.2) is 29.0 Å². The highest BCUT2D eigenvalue weighted by molar-refractivity contribution is 8.00. The second-order valence-corrected chi connectivity index (χ2v) is 7.73. The summed E-state index contributed by atoms with van der Waals surface area (Å²) in [6, 6.07) is 0. The summed E-state index contributed by atoms with van der Waals surface area (Å²) in [4.78, 5) is 11.5. The van der Waals surface area contributed by atoms with Crippen LogP contribution in [-0.2, 0) is 4.79 Å². The van der Waals surface area contributed by atoms with Gasteiger partial charge in [-0.1, -0.05) is 26.7 Å². The first kappa shape index (κ1) is 15.8. The molecule has 1 fully saturated rings. The smallest absolute Gasteiger partial charge is 0.237 e. The van der Waals surface area contributed by atoms with Crippen molar-refractivity contribution in [3.63, 3.8) is 0 Å². The molecule has 1 saturated carbocycles. The maximum atomic E-state index is 11.5. The maximum Gasteiger partial charge on any atom is 0.237 e. The van der Waals surface area contributed by atoms with Crippen molar-refractivity contribution in [2.75, 3.05) is 7.05 Å². The van der Waals surface area contributed by atoms with Crippen LogP contribution in [0.5, 0.6) is 0 Å². The minimum atomic E-state index is -0.577. The van der Waals surface area contributed by atoms with Crippen LogP contribution in [0.4, 0.5) is 0 Å². The standard InChI is InChI=1S/C14H28N2OS/c1-10-6-5-7-12(8-10)18-11(2)9-14(3,16-4)13(15)17/h10-12,16H,5-9H2,1-4H3,(H2,15,17). The zero-order valence-corrected chi connectivity index (χ0v) is 13.0. The Bertz CT molecular complexity index is 285. The molecule has 0 saturated heterocycles. The van der Waals surface area contributed by atoms with E-state index in [0.29, 0.717) is 5.25 Å². The topological polar surface area (TPSA) is 55.1 Å². The molecule has 0 aromatic carbocycles. The van der Waals surface area contributed by atoms with E-state index < -0.39 is 5.54 Å². The van der Waals surface area contributed by atoms with Crippen molar-refractivity contribution in [1.82, 2.24) is 5.32 Å². The minimum absolute atomic E-state index is 0.255. The molecule has 1 amide bonds. The molecule has 1 aliphatic carbocycles. The molecular formula is C14H28N2OS. The van der Waals surface area contributed by atoms with E-state index in [1.807, 2.05) is 25.7 Å². The van der Waals surface area contributed by atoms with Gasteiger partial charge in [0.1, 0.15) is 0 Å². The van der Waals surface area contributed by atoms with Gasteiger partial charge in [-0.05, 0) is 39.2 Å². The number of nitrogens with two attached hydrogens (primary N) is 1. The molecule has 18 heavy (non-hydrogen) atoms. The lowest BCUT2D eigenvalue weighted by atomic mass is 9.90. The average molecular weight is 272 g/mol. The zero-order valence-electron chi connectivity index (χ0n) is 12.2. The molecule has 1 rings (SSSR count). The number of primary amides is 1. The summed E-state index contributed by atoms with van der Waals surface area (Å²) in [6.07, 6.45) is 6.17. The van der Waals surface area contributed by atoms with Crippen LogP contribution in [0.25, 0.3) is 0 Å². The van der Waals surface area contributed by atoms with Gasteiger partial charge in [0, 0.05) is 10.5 Å². The first-order valence-electron chi connectivity index (χ1n) is 7.01. The van der Waals surface area contributed by atoms with Crippen LogP contribution in [0, 0.1) is 5.92 Å². The van der Waals surface area contributed by atoms with Crippen molar-refractivity contribution >= 4 is 17.7 Å². The average Bonchev–Trinajstić information content (AvgIpc) is 2.28. The molecule has 106 valence electrons. The number of carbonyl (C=O) groups is 1. The van der Waals surface area contributed by atoms with Crippen molar-refractivity contribution in [2.45, 2.75) is 68.9 Å². The molecular weight excluding hydrogens is 244 g/mol. The molecule has 0 heterocycles. The molecule has 0 aliphatic heterocycles. The Morgan fingerprint density at radius 3 is 2.72 bits per heavy atom. The van der Waals surface area contributed by atoms with Crippen LogP contribution in [0.1, 0.15) is 52.9 Å². The third-order valence-corrected chi connectivity index (χ3v) is 5.55. The Hall–Kier alpha value is -0.220. The van der Waals surface area contributed by atoms with Gasteiger partial charge in [-0.25, -0.2) is 0 Å². The predicted octanol–water partition coefficient (Wildman–Crippen LogP) is 2.54. The Labute approximate surface area is 116 Å². The maximum absolute atomic E-state index is 11.5. The van der Waals surface area contributed by atoms with Crippen molar-refractivity contribution in [3.8, 4) is 0 Å². The Morgan fingerprint density at radius 2 is 2.22 bits per heavy atom. The number of hydrogen-bond acceptors (Lipinski definition) is 3. The van der Waals surface area contributed by atoms with Gasteiger partial charge in [0.25, 0.3) is 0 Å². The molecule has 3 nitrogen and oxygen atoms in total. The summed E-state index contributed by atoms with van der Waals surface area (Å²) in [5.74, 6) is 0.602. The lowest BCUT2D eigenvalue weighted by Crippen LogP contribution is -2.52. The van der Waals surface area contributed by atoms with Gasteiger partial charge in [0.2, 0.25) is 5.91 Å². The van der Waals surface area contributed by atoms with E-state index >= 15 is 0 Å².